The number of nitrogens with one attached hydrogen (secondary N) is 3. The molecule has 144 valence electrons. The van der Waals surface area contributed by atoms with Gasteiger partial charge in [-0.25, -0.2) is 17.5 Å². The van der Waals surface area contributed by atoms with Crippen LogP contribution in [-0.2, 0) is 14.8 Å². The van der Waals surface area contributed by atoms with E-state index in [2.05, 4.69) is 15.6 Å². The lowest BCUT2D eigenvalue weighted by Crippen LogP contribution is -2.42. The van der Waals surface area contributed by atoms with Crippen molar-refractivity contribution in [3.05, 3.63) is 65.5 Å². The van der Waals surface area contributed by atoms with Crippen LogP contribution >= 0.6 is 0 Å². The Kier molecular flexibility index (Phi) is 7.03. The van der Waals surface area contributed by atoms with E-state index in [1.807, 2.05) is 0 Å². The van der Waals surface area contributed by atoms with Gasteiger partial charge in [0.2, 0.25) is 15.9 Å². The van der Waals surface area contributed by atoms with E-state index >= 15 is 0 Å². The zero-order valence-electron chi connectivity index (χ0n) is 14.7. The van der Waals surface area contributed by atoms with Crippen LogP contribution in [0.1, 0.15) is 28.8 Å². The highest BCUT2D eigenvalue weighted by molar-refractivity contribution is 7.89. The molecule has 2 amide bonds. The molecule has 0 fully saturated rings. The first-order valence-electron chi connectivity index (χ1n) is 8.19. The van der Waals surface area contributed by atoms with Crippen molar-refractivity contribution in [1.29, 1.82) is 0 Å². The molecular weight excluding hydrogens is 373 g/mol. The van der Waals surface area contributed by atoms with Crippen LogP contribution in [0.2, 0.25) is 0 Å². The van der Waals surface area contributed by atoms with Crippen molar-refractivity contribution >= 4 is 21.8 Å². The first-order chi connectivity index (χ1) is 12.8. The molecule has 0 saturated carbocycles. The number of carbonyl (C=O) groups is 2. The average molecular weight is 393 g/mol. The van der Waals surface area contributed by atoms with E-state index in [1.165, 1.54) is 0 Å². The van der Waals surface area contributed by atoms with Gasteiger partial charge in [-0.15, -0.1) is 0 Å². The molecule has 2 rings (SSSR count). The number of benzene rings is 2. The van der Waals surface area contributed by atoms with Gasteiger partial charge in [0.15, 0.2) is 0 Å². The first-order valence-corrected chi connectivity index (χ1v) is 9.68. The number of halogens is 1. The fraction of sp³-hybridized carbons (Fsp3) is 0.222. The van der Waals surface area contributed by atoms with Gasteiger partial charge in [-0.2, -0.15) is 0 Å². The van der Waals surface area contributed by atoms with Crippen LogP contribution in [0, 0.1) is 12.7 Å². The number of sulfonamides is 1. The van der Waals surface area contributed by atoms with Crippen LogP contribution in [-0.4, -0.2) is 26.8 Å². The maximum atomic E-state index is 12.8. The molecule has 0 aliphatic rings. The molecule has 2 aromatic carbocycles. The summed E-state index contributed by atoms with van der Waals surface area (Å²) in [6.07, 6.45) is 0.243. The number of hydrogen-bond acceptors (Lipinski definition) is 4. The zero-order chi connectivity index (χ0) is 19.9. The summed E-state index contributed by atoms with van der Waals surface area (Å²) in [6.45, 7) is 1.81. The van der Waals surface area contributed by atoms with Gasteiger partial charge in [-0.3, -0.25) is 20.4 Å². The molecule has 0 heterocycles. The summed E-state index contributed by atoms with van der Waals surface area (Å²) < 4.78 is 39.2. The number of aryl methyl sites for hydroxylation is 1. The van der Waals surface area contributed by atoms with Crippen LogP contribution in [0.25, 0.3) is 0 Å². The molecule has 0 aliphatic carbocycles. The lowest BCUT2D eigenvalue weighted by molar-refractivity contribution is -0.121. The van der Waals surface area contributed by atoms with E-state index in [-0.39, 0.29) is 24.3 Å². The molecule has 9 heteroatoms. The Bertz CT molecular complexity index is 914. The highest BCUT2D eigenvalue weighted by Gasteiger charge is 2.14. The number of amides is 2. The molecule has 0 radical (unpaired) electrons. The van der Waals surface area contributed by atoms with E-state index in [1.54, 1.807) is 31.2 Å². The third-order valence-corrected chi connectivity index (χ3v) is 5.18. The minimum atomic E-state index is -3.76. The van der Waals surface area contributed by atoms with Crippen LogP contribution in [0.5, 0.6) is 0 Å². The van der Waals surface area contributed by atoms with Crippen molar-refractivity contribution in [3.8, 4) is 0 Å². The van der Waals surface area contributed by atoms with E-state index in [9.17, 15) is 22.4 Å². The maximum Gasteiger partial charge on any atom is 0.269 e. The summed E-state index contributed by atoms with van der Waals surface area (Å²) in [4.78, 5) is 23.7. The predicted molar refractivity (Wildman–Crippen MR) is 97.6 cm³/mol. The van der Waals surface area contributed by atoms with Gasteiger partial charge in [0, 0.05) is 18.5 Å². The molecular formula is C18H20FN3O4S. The Morgan fingerprint density at radius 1 is 1.00 bits per heavy atom. The predicted octanol–water partition coefficient (Wildman–Crippen LogP) is 1.65. The van der Waals surface area contributed by atoms with Gasteiger partial charge in [0.05, 0.1) is 4.90 Å². The van der Waals surface area contributed by atoms with Crippen molar-refractivity contribution in [2.75, 3.05) is 6.54 Å². The molecule has 27 heavy (non-hydrogen) atoms. The second-order valence-electron chi connectivity index (χ2n) is 5.77. The third kappa shape index (κ3) is 6.15. The summed E-state index contributed by atoms with van der Waals surface area (Å²) in [5.41, 5.74) is 5.83. The molecule has 0 spiro atoms. The van der Waals surface area contributed by atoms with Gasteiger partial charge < -0.3 is 0 Å². The first kappa shape index (κ1) is 20.5. The molecule has 0 atom stereocenters. The van der Waals surface area contributed by atoms with E-state index in [4.69, 9.17) is 0 Å². The Morgan fingerprint density at radius 3 is 2.33 bits per heavy atom. The van der Waals surface area contributed by atoms with Crippen molar-refractivity contribution in [2.45, 2.75) is 24.7 Å². The third-order valence-electron chi connectivity index (χ3n) is 3.70. The Hall–Kier alpha value is -2.78. The maximum absolute atomic E-state index is 12.8. The second-order valence-corrected chi connectivity index (χ2v) is 7.54. The summed E-state index contributed by atoms with van der Waals surface area (Å²) in [6, 6.07) is 11.4. The summed E-state index contributed by atoms with van der Waals surface area (Å²) in [5.74, 6) is -1.41. The summed E-state index contributed by atoms with van der Waals surface area (Å²) in [5, 5.41) is 0. The number of carbonyl (C=O) groups excluding carboxylic acids is 2. The van der Waals surface area contributed by atoms with Gasteiger partial charge in [-0.1, -0.05) is 18.2 Å². The van der Waals surface area contributed by atoms with Gasteiger partial charge in [0.1, 0.15) is 5.82 Å². The second kappa shape index (κ2) is 9.24. The molecule has 0 saturated heterocycles. The van der Waals surface area contributed by atoms with Gasteiger partial charge >= 0.3 is 0 Å². The molecule has 0 bridgehead atoms. The molecule has 0 aliphatic heterocycles. The van der Waals surface area contributed by atoms with Crippen LogP contribution in [0.4, 0.5) is 4.39 Å². The SMILES string of the molecule is Cc1ccccc1C(=O)NNC(=O)CCCNS(=O)(=O)c1ccc(F)cc1. The lowest BCUT2D eigenvalue weighted by Gasteiger charge is -2.09. The monoisotopic (exact) mass is 393 g/mol. The zero-order valence-corrected chi connectivity index (χ0v) is 15.5. The molecule has 0 aromatic heterocycles. The van der Waals surface area contributed by atoms with Crippen molar-refractivity contribution in [1.82, 2.24) is 15.6 Å². The molecule has 3 N–H and O–H groups in total. The largest absolute Gasteiger partial charge is 0.273 e. The van der Waals surface area contributed by atoms with E-state index in [0.717, 1.165) is 29.8 Å². The molecule has 2 aromatic rings. The molecule has 7 nitrogen and oxygen atoms in total. The minimum Gasteiger partial charge on any atom is -0.273 e. The number of rotatable bonds is 7. The van der Waals surface area contributed by atoms with Crippen molar-refractivity contribution < 1.29 is 22.4 Å². The normalized spacial score (nSPS) is 11.0. The minimum absolute atomic E-state index is 0.0139. The fourth-order valence-corrected chi connectivity index (χ4v) is 3.31. The van der Waals surface area contributed by atoms with Crippen LogP contribution in [0.3, 0.4) is 0 Å². The van der Waals surface area contributed by atoms with Gasteiger partial charge in [0.25, 0.3) is 5.91 Å². The standard InChI is InChI=1S/C18H20FN3O4S/c1-13-5-2-3-6-16(13)18(24)22-21-17(23)7-4-12-20-27(25,26)15-10-8-14(19)9-11-15/h2-3,5-6,8-11,20H,4,7,12H2,1H3,(H,21,23)(H,22,24). The Morgan fingerprint density at radius 2 is 1.67 bits per heavy atom. The quantitative estimate of drug-likeness (QED) is 0.491. The highest BCUT2D eigenvalue weighted by atomic mass is 32.2. The fourth-order valence-electron chi connectivity index (χ4n) is 2.24. The number of hydrogen-bond donors (Lipinski definition) is 3. The summed E-state index contributed by atoms with van der Waals surface area (Å²) >= 11 is 0. The topological polar surface area (TPSA) is 104 Å². The van der Waals surface area contributed by atoms with Gasteiger partial charge in [-0.05, 0) is 49.2 Å². The van der Waals surface area contributed by atoms with Crippen molar-refractivity contribution in [2.24, 2.45) is 0 Å². The van der Waals surface area contributed by atoms with Crippen molar-refractivity contribution in [3.63, 3.8) is 0 Å². The Labute approximate surface area is 157 Å². The average Bonchev–Trinajstić information content (AvgIpc) is 2.64. The smallest absolute Gasteiger partial charge is 0.269 e. The Balaban J connectivity index is 1.72. The highest BCUT2D eigenvalue weighted by Crippen LogP contribution is 2.09. The number of hydrazine groups is 1. The lowest BCUT2D eigenvalue weighted by atomic mass is 10.1. The van der Waals surface area contributed by atoms with Crippen LogP contribution < -0.4 is 15.6 Å². The van der Waals surface area contributed by atoms with Crippen LogP contribution in [0.15, 0.2) is 53.4 Å². The molecule has 0 unspecified atom stereocenters. The summed E-state index contributed by atoms with van der Waals surface area (Å²) in [7, 11) is -3.76. The van der Waals surface area contributed by atoms with E-state index in [0.29, 0.717) is 5.56 Å². The van der Waals surface area contributed by atoms with E-state index < -0.39 is 27.7 Å².